The van der Waals surface area contributed by atoms with Crippen LogP contribution in [-0.2, 0) is 0 Å². The fourth-order valence-corrected chi connectivity index (χ4v) is 3.83. The lowest BCUT2D eigenvalue weighted by Crippen LogP contribution is -2.31. The Balaban J connectivity index is 1.86. The molecule has 1 saturated carbocycles. The van der Waals surface area contributed by atoms with E-state index in [0.717, 1.165) is 17.7 Å². The number of hydrogen-bond donors (Lipinski definition) is 1. The van der Waals surface area contributed by atoms with E-state index in [0.29, 0.717) is 0 Å². The van der Waals surface area contributed by atoms with Crippen LogP contribution in [0.3, 0.4) is 0 Å². The lowest BCUT2D eigenvalue weighted by molar-refractivity contribution is 0.251. The molecule has 0 radical (unpaired) electrons. The van der Waals surface area contributed by atoms with E-state index in [2.05, 4.69) is 12.2 Å². The second-order valence-electron chi connectivity index (χ2n) is 6.64. The summed E-state index contributed by atoms with van der Waals surface area (Å²) in [6.07, 6.45) is 16.8. The maximum atomic E-state index is 6.08. The van der Waals surface area contributed by atoms with Crippen molar-refractivity contribution in [3.05, 3.63) is 0 Å². The van der Waals surface area contributed by atoms with Crippen molar-refractivity contribution in [1.82, 2.24) is 5.32 Å². The summed E-state index contributed by atoms with van der Waals surface area (Å²) in [5, 5.41) is 3.67. The highest BCUT2D eigenvalue weighted by Gasteiger charge is 2.23. The maximum absolute atomic E-state index is 6.08. The molecule has 1 rings (SSSR count). The van der Waals surface area contributed by atoms with Crippen LogP contribution < -0.4 is 5.32 Å². The Morgan fingerprint density at radius 2 is 1.45 bits per heavy atom. The Morgan fingerprint density at radius 3 is 2.10 bits per heavy atom. The van der Waals surface area contributed by atoms with Crippen molar-refractivity contribution in [3.63, 3.8) is 0 Å². The molecule has 1 aliphatic rings. The van der Waals surface area contributed by atoms with Crippen molar-refractivity contribution >= 4 is 11.6 Å². The highest BCUT2D eigenvalue weighted by atomic mass is 35.5. The van der Waals surface area contributed by atoms with Crippen molar-refractivity contribution in [3.8, 4) is 0 Å². The minimum atomic E-state index is 0.775. The number of halogens is 1. The Bertz CT molecular complexity index is 208. The van der Waals surface area contributed by atoms with E-state index < -0.39 is 0 Å². The maximum Gasteiger partial charge on any atom is 0.0254 e. The fraction of sp³-hybridized carbons (Fsp3) is 1.00. The smallest absolute Gasteiger partial charge is 0.0254 e. The zero-order chi connectivity index (χ0) is 14.5. The molecule has 1 aliphatic carbocycles. The first kappa shape index (κ1) is 18.3. The van der Waals surface area contributed by atoms with Gasteiger partial charge in [-0.25, -0.2) is 0 Å². The summed E-state index contributed by atoms with van der Waals surface area (Å²) in [7, 11) is 0. The normalized spacial score (nSPS) is 23.1. The Labute approximate surface area is 132 Å². The summed E-state index contributed by atoms with van der Waals surface area (Å²) in [5.41, 5.74) is 0. The van der Waals surface area contributed by atoms with Gasteiger partial charge in [-0.2, -0.15) is 0 Å². The van der Waals surface area contributed by atoms with E-state index >= 15 is 0 Å². The quantitative estimate of drug-likeness (QED) is 0.357. The van der Waals surface area contributed by atoms with Crippen molar-refractivity contribution in [2.45, 2.75) is 84.0 Å². The van der Waals surface area contributed by atoms with Crippen LogP contribution in [0.4, 0.5) is 0 Å². The molecule has 120 valence electrons. The first-order valence-corrected chi connectivity index (χ1v) is 9.68. The van der Waals surface area contributed by atoms with Gasteiger partial charge in [0.25, 0.3) is 0 Å². The topological polar surface area (TPSA) is 12.0 Å². The van der Waals surface area contributed by atoms with Gasteiger partial charge in [-0.3, -0.25) is 0 Å². The zero-order valence-electron chi connectivity index (χ0n) is 13.6. The van der Waals surface area contributed by atoms with Gasteiger partial charge in [0.1, 0.15) is 0 Å². The molecule has 0 amide bonds. The van der Waals surface area contributed by atoms with Gasteiger partial charge in [0, 0.05) is 5.88 Å². The summed E-state index contributed by atoms with van der Waals surface area (Å²) < 4.78 is 0. The van der Waals surface area contributed by atoms with E-state index in [4.69, 9.17) is 11.6 Å². The summed E-state index contributed by atoms with van der Waals surface area (Å²) in [6, 6.07) is 0. The molecule has 20 heavy (non-hydrogen) atoms. The van der Waals surface area contributed by atoms with Gasteiger partial charge in [-0.05, 0) is 44.2 Å². The second kappa shape index (κ2) is 13.0. The molecule has 0 heterocycles. The van der Waals surface area contributed by atoms with Crippen LogP contribution in [0.1, 0.15) is 84.0 Å². The van der Waals surface area contributed by atoms with Crippen LogP contribution in [-0.4, -0.2) is 19.0 Å². The third-order valence-corrected chi connectivity index (χ3v) is 5.27. The molecule has 0 spiro atoms. The van der Waals surface area contributed by atoms with Crippen LogP contribution in [0.15, 0.2) is 0 Å². The van der Waals surface area contributed by atoms with Crippen LogP contribution in [0.25, 0.3) is 0 Å². The average Bonchev–Trinajstić information content (AvgIpc) is 2.49. The molecule has 0 saturated heterocycles. The number of unbranched alkanes of at least 4 members (excludes halogenated alkanes) is 7. The van der Waals surface area contributed by atoms with Crippen molar-refractivity contribution in [1.29, 1.82) is 0 Å². The average molecular weight is 302 g/mol. The first-order chi connectivity index (χ1) is 9.88. The summed E-state index contributed by atoms with van der Waals surface area (Å²) in [6.45, 7) is 4.70. The molecule has 1 nitrogen and oxygen atoms in total. The molecule has 0 bridgehead atoms. The molecule has 0 aromatic heterocycles. The van der Waals surface area contributed by atoms with E-state index in [1.807, 2.05) is 0 Å². The van der Waals surface area contributed by atoms with Gasteiger partial charge in [-0.15, -0.1) is 11.6 Å². The molecule has 0 aliphatic heterocycles. The third kappa shape index (κ3) is 8.52. The van der Waals surface area contributed by atoms with Crippen LogP contribution in [0, 0.1) is 11.8 Å². The monoisotopic (exact) mass is 301 g/mol. The first-order valence-electron chi connectivity index (χ1n) is 9.15. The third-order valence-electron chi connectivity index (χ3n) is 4.88. The van der Waals surface area contributed by atoms with Crippen molar-refractivity contribution in [2.24, 2.45) is 11.8 Å². The minimum absolute atomic E-state index is 0.775. The van der Waals surface area contributed by atoms with Gasteiger partial charge in [0.05, 0.1) is 0 Å². The molecule has 2 heteroatoms. The van der Waals surface area contributed by atoms with E-state index in [-0.39, 0.29) is 0 Å². The van der Waals surface area contributed by atoms with Crippen LogP contribution >= 0.6 is 11.6 Å². The van der Waals surface area contributed by atoms with E-state index in [1.54, 1.807) is 0 Å². The number of nitrogens with one attached hydrogen (secondary N) is 1. The van der Waals surface area contributed by atoms with Gasteiger partial charge in [-0.1, -0.05) is 64.7 Å². The van der Waals surface area contributed by atoms with Crippen LogP contribution in [0.2, 0.25) is 0 Å². The Kier molecular flexibility index (Phi) is 11.8. The predicted molar refractivity (Wildman–Crippen MR) is 91.6 cm³/mol. The Hall–Kier alpha value is 0.250. The molecular formula is C18H36ClN. The van der Waals surface area contributed by atoms with Gasteiger partial charge in [0.2, 0.25) is 0 Å². The molecule has 1 N–H and O–H groups in total. The molecule has 1 fully saturated rings. The SMILES string of the molecule is CCCCCCCCCCNCC1CCCCC1CCl. The molecular weight excluding hydrogens is 266 g/mol. The zero-order valence-corrected chi connectivity index (χ0v) is 14.4. The highest BCUT2D eigenvalue weighted by Crippen LogP contribution is 2.30. The Morgan fingerprint density at radius 1 is 0.850 bits per heavy atom. The van der Waals surface area contributed by atoms with Gasteiger partial charge >= 0.3 is 0 Å². The second-order valence-corrected chi connectivity index (χ2v) is 6.95. The number of rotatable bonds is 12. The number of alkyl halides is 1. The highest BCUT2D eigenvalue weighted by molar-refractivity contribution is 6.18. The molecule has 0 aromatic carbocycles. The molecule has 0 aromatic rings. The van der Waals surface area contributed by atoms with Crippen LogP contribution in [0.5, 0.6) is 0 Å². The largest absolute Gasteiger partial charge is 0.316 e. The van der Waals surface area contributed by atoms with E-state index in [9.17, 15) is 0 Å². The summed E-state index contributed by atoms with van der Waals surface area (Å²) in [4.78, 5) is 0. The van der Waals surface area contributed by atoms with Gasteiger partial charge < -0.3 is 5.32 Å². The fourth-order valence-electron chi connectivity index (χ4n) is 3.43. The predicted octanol–water partition coefficient (Wildman–Crippen LogP) is 5.76. The summed E-state index contributed by atoms with van der Waals surface area (Å²) >= 11 is 6.08. The van der Waals surface area contributed by atoms with E-state index in [1.165, 1.54) is 90.1 Å². The molecule has 2 unspecified atom stereocenters. The lowest BCUT2D eigenvalue weighted by Gasteiger charge is -2.30. The van der Waals surface area contributed by atoms with Gasteiger partial charge in [0.15, 0.2) is 0 Å². The standard InChI is InChI=1S/C18H36ClN/c1-2-3-4-5-6-7-8-11-14-20-16-18-13-10-9-12-17(18)15-19/h17-18,20H,2-16H2,1H3. The summed E-state index contributed by atoms with van der Waals surface area (Å²) in [5.74, 6) is 2.48. The van der Waals surface area contributed by atoms with Crippen molar-refractivity contribution < 1.29 is 0 Å². The molecule has 2 atom stereocenters. The lowest BCUT2D eigenvalue weighted by atomic mass is 9.80. The van der Waals surface area contributed by atoms with Crippen molar-refractivity contribution in [2.75, 3.05) is 19.0 Å². The number of hydrogen-bond acceptors (Lipinski definition) is 1. The minimum Gasteiger partial charge on any atom is -0.316 e.